The zero-order chi connectivity index (χ0) is 21.1. The number of benzene rings is 2. The molecule has 4 aromatic rings. The molecule has 4 rings (SSSR count). The van der Waals surface area contributed by atoms with Crippen molar-refractivity contribution < 1.29 is 14.2 Å². The summed E-state index contributed by atoms with van der Waals surface area (Å²) in [6.07, 6.45) is 5.40. The van der Waals surface area contributed by atoms with Crippen molar-refractivity contribution in [2.24, 2.45) is 0 Å². The summed E-state index contributed by atoms with van der Waals surface area (Å²) >= 11 is 1.29. The number of fused-ring (bicyclic) bond motifs is 1. The maximum atomic E-state index is 12.7. The van der Waals surface area contributed by atoms with Gasteiger partial charge in [0.15, 0.2) is 17.3 Å². The molecule has 0 aliphatic heterocycles. The van der Waals surface area contributed by atoms with Crippen molar-refractivity contribution in [3.8, 4) is 17.2 Å². The fourth-order valence-corrected chi connectivity index (χ4v) is 3.88. The minimum absolute atomic E-state index is 0.209. The van der Waals surface area contributed by atoms with E-state index in [1.807, 2.05) is 48.5 Å². The van der Waals surface area contributed by atoms with Gasteiger partial charge in [0, 0.05) is 5.56 Å². The van der Waals surface area contributed by atoms with Crippen molar-refractivity contribution in [3.63, 3.8) is 0 Å². The predicted molar refractivity (Wildman–Crippen MR) is 117 cm³/mol. The van der Waals surface area contributed by atoms with Crippen LogP contribution in [0.1, 0.15) is 17.0 Å². The first kappa shape index (κ1) is 19.7. The minimum atomic E-state index is -0.209. The molecule has 0 atom stereocenters. The van der Waals surface area contributed by atoms with Gasteiger partial charge in [0.25, 0.3) is 5.56 Å². The third-order valence-electron chi connectivity index (χ3n) is 4.46. The third kappa shape index (κ3) is 3.77. The average Bonchev–Trinajstić information content (AvgIpc) is 3.31. The molecule has 0 radical (unpaired) electrons. The van der Waals surface area contributed by atoms with Gasteiger partial charge in [0.1, 0.15) is 5.75 Å². The van der Waals surface area contributed by atoms with E-state index in [2.05, 4.69) is 10.1 Å². The molecular weight excluding hydrogens is 402 g/mol. The quantitative estimate of drug-likeness (QED) is 0.477. The highest BCUT2D eigenvalue weighted by Crippen LogP contribution is 2.28. The van der Waals surface area contributed by atoms with E-state index >= 15 is 0 Å². The van der Waals surface area contributed by atoms with E-state index in [-0.39, 0.29) is 5.56 Å². The van der Waals surface area contributed by atoms with Crippen LogP contribution in [0.4, 0.5) is 0 Å². The van der Waals surface area contributed by atoms with Crippen LogP contribution in [0.3, 0.4) is 0 Å². The average molecular weight is 421 g/mol. The van der Waals surface area contributed by atoms with Crippen LogP contribution in [0, 0.1) is 0 Å². The first-order valence-corrected chi connectivity index (χ1v) is 9.89. The van der Waals surface area contributed by atoms with Crippen LogP contribution in [0.15, 0.2) is 47.3 Å². The van der Waals surface area contributed by atoms with Gasteiger partial charge in [-0.15, -0.1) is 5.10 Å². The summed E-state index contributed by atoms with van der Waals surface area (Å²) < 4.78 is 17.8. The third-order valence-corrected chi connectivity index (χ3v) is 5.42. The number of methoxy groups -OCH3 is 3. The highest BCUT2D eigenvalue weighted by Gasteiger charge is 2.10. The summed E-state index contributed by atoms with van der Waals surface area (Å²) in [6, 6.07) is 13.1. The molecule has 0 N–H and O–H groups in total. The lowest BCUT2D eigenvalue weighted by atomic mass is 10.2. The largest absolute Gasteiger partial charge is 0.496 e. The monoisotopic (exact) mass is 421 g/mol. The number of ether oxygens (including phenoxy) is 3. The minimum Gasteiger partial charge on any atom is -0.496 e. The van der Waals surface area contributed by atoms with Crippen LogP contribution in [-0.2, 0) is 0 Å². The molecule has 0 fully saturated rings. The van der Waals surface area contributed by atoms with Gasteiger partial charge in [0.2, 0.25) is 4.96 Å². The molecule has 152 valence electrons. The summed E-state index contributed by atoms with van der Waals surface area (Å²) in [7, 11) is 4.78. The highest BCUT2D eigenvalue weighted by atomic mass is 32.1. The molecule has 0 amide bonds. The zero-order valence-electron chi connectivity index (χ0n) is 16.7. The Hall–Kier alpha value is -3.65. The number of rotatable bonds is 6. The van der Waals surface area contributed by atoms with E-state index in [0.717, 1.165) is 11.1 Å². The topological polar surface area (TPSA) is 74.9 Å². The van der Waals surface area contributed by atoms with E-state index in [9.17, 15) is 4.79 Å². The van der Waals surface area contributed by atoms with Crippen molar-refractivity contribution in [1.82, 2.24) is 14.6 Å². The second kappa shape index (κ2) is 8.38. The summed E-state index contributed by atoms with van der Waals surface area (Å²) in [4.78, 5) is 17.7. The molecule has 0 bridgehead atoms. The zero-order valence-corrected chi connectivity index (χ0v) is 17.5. The normalized spacial score (nSPS) is 12.0. The number of para-hydroxylation sites is 1. The van der Waals surface area contributed by atoms with Crippen molar-refractivity contribution >= 4 is 34.5 Å². The molecule has 0 spiro atoms. The lowest BCUT2D eigenvalue weighted by Crippen LogP contribution is -2.23. The Kier molecular flexibility index (Phi) is 5.49. The Balaban J connectivity index is 1.65. The molecule has 30 heavy (non-hydrogen) atoms. The van der Waals surface area contributed by atoms with E-state index in [4.69, 9.17) is 14.2 Å². The molecule has 7 nitrogen and oxygen atoms in total. The summed E-state index contributed by atoms with van der Waals surface area (Å²) in [5.41, 5.74) is 1.52. The maximum Gasteiger partial charge on any atom is 0.291 e. The Labute approximate surface area is 176 Å². The fraction of sp³-hybridized carbons (Fsp3) is 0.136. The Morgan fingerprint density at radius 1 is 0.933 bits per heavy atom. The number of thiazole rings is 1. The van der Waals surface area contributed by atoms with Crippen LogP contribution in [0.5, 0.6) is 17.2 Å². The Bertz CT molecular complexity index is 1340. The van der Waals surface area contributed by atoms with Crippen molar-refractivity contribution in [2.45, 2.75) is 0 Å². The van der Waals surface area contributed by atoms with E-state index in [0.29, 0.717) is 32.6 Å². The SMILES string of the molecule is COc1ccccc1/C=c1/sc2nc(/C=C/c3ccc(OC)c(OC)c3)nn2c1=O. The van der Waals surface area contributed by atoms with Crippen molar-refractivity contribution in [3.05, 3.63) is 74.3 Å². The summed E-state index contributed by atoms with van der Waals surface area (Å²) in [6.45, 7) is 0. The molecule has 8 heteroatoms. The van der Waals surface area contributed by atoms with Crippen LogP contribution in [0.25, 0.3) is 23.2 Å². The number of nitrogens with zero attached hydrogens (tertiary/aromatic N) is 3. The van der Waals surface area contributed by atoms with Gasteiger partial charge in [-0.2, -0.15) is 9.50 Å². The first-order valence-electron chi connectivity index (χ1n) is 9.07. The van der Waals surface area contributed by atoms with Gasteiger partial charge in [-0.1, -0.05) is 41.7 Å². The summed E-state index contributed by atoms with van der Waals surface area (Å²) in [5, 5.41) is 4.32. The Morgan fingerprint density at radius 3 is 2.43 bits per heavy atom. The van der Waals surface area contributed by atoms with Gasteiger partial charge < -0.3 is 14.2 Å². The number of hydrogen-bond acceptors (Lipinski definition) is 7. The maximum absolute atomic E-state index is 12.7. The smallest absolute Gasteiger partial charge is 0.291 e. The number of aromatic nitrogens is 3. The van der Waals surface area contributed by atoms with Crippen molar-refractivity contribution in [2.75, 3.05) is 21.3 Å². The molecule has 0 aliphatic rings. The first-order chi connectivity index (χ1) is 14.6. The van der Waals surface area contributed by atoms with Gasteiger partial charge in [-0.25, -0.2) is 0 Å². The predicted octanol–water partition coefficient (Wildman–Crippen LogP) is 2.89. The van der Waals surface area contributed by atoms with Crippen LogP contribution < -0.4 is 24.3 Å². The summed E-state index contributed by atoms with van der Waals surface area (Å²) in [5.74, 6) is 2.45. The second-order valence-corrected chi connectivity index (χ2v) is 7.28. The van der Waals surface area contributed by atoms with Gasteiger partial charge in [-0.3, -0.25) is 4.79 Å². The molecule has 0 saturated heterocycles. The van der Waals surface area contributed by atoms with Gasteiger partial charge >= 0.3 is 0 Å². The molecule has 0 saturated carbocycles. The van der Waals surface area contributed by atoms with Gasteiger partial charge in [-0.05, 0) is 35.9 Å². The molecule has 2 aromatic heterocycles. The van der Waals surface area contributed by atoms with Crippen LogP contribution in [0.2, 0.25) is 0 Å². The Morgan fingerprint density at radius 2 is 1.70 bits per heavy atom. The molecule has 0 unspecified atom stereocenters. The standard InChI is InChI=1S/C22H19N3O4S/c1-27-16-7-5-4-6-15(16)13-19-21(26)25-22(30-19)23-20(24-25)11-9-14-8-10-17(28-2)18(12-14)29-3/h4-13H,1-3H3/b11-9+,19-13+. The molecule has 2 aromatic carbocycles. The second-order valence-electron chi connectivity index (χ2n) is 6.27. The van der Waals surface area contributed by atoms with Gasteiger partial charge in [0.05, 0.1) is 25.9 Å². The highest BCUT2D eigenvalue weighted by molar-refractivity contribution is 7.15. The van der Waals surface area contributed by atoms with E-state index in [1.165, 1.54) is 15.9 Å². The molecule has 2 heterocycles. The van der Waals surface area contributed by atoms with E-state index < -0.39 is 0 Å². The van der Waals surface area contributed by atoms with Crippen molar-refractivity contribution in [1.29, 1.82) is 0 Å². The van der Waals surface area contributed by atoms with Crippen LogP contribution in [-0.4, -0.2) is 35.9 Å². The molecule has 0 aliphatic carbocycles. The number of hydrogen-bond donors (Lipinski definition) is 0. The molecular formula is C22H19N3O4S. The lowest BCUT2D eigenvalue weighted by Gasteiger charge is -2.07. The fourth-order valence-electron chi connectivity index (χ4n) is 2.97. The lowest BCUT2D eigenvalue weighted by molar-refractivity contribution is 0.355. The van der Waals surface area contributed by atoms with Crippen LogP contribution >= 0.6 is 11.3 Å². The van der Waals surface area contributed by atoms with E-state index in [1.54, 1.807) is 33.5 Å².